The first kappa shape index (κ1) is 13.3. The van der Waals surface area contributed by atoms with Crippen LogP contribution in [-0.2, 0) is 4.74 Å². The van der Waals surface area contributed by atoms with Crippen molar-refractivity contribution in [2.24, 2.45) is 0 Å². The summed E-state index contributed by atoms with van der Waals surface area (Å²) in [5, 5.41) is 0. The van der Waals surface area contributed by atoms with E-state index in [0.717, 1.165) is 26.1 Å². The summed E-state index contributed by atoms with van der Waals surface area (Å²) < 4.78 is 5.37. The lowest BCUT2D eigenvalue weighted by molar-refractivity contribution is 0.0259. The Morgan fingerprint density at radius 3 is 2.44 bits per heavy atom. The minimum absolute atomic E-state index is 0.185. The molecule has 0 bridgehead atoms. The largest absolute Gasteiger partial charge is 0.444 e. The van der Waals surface area contributed by atoms with Gasteiger partial charge in [-0.2, -0.15) is 0 Å². The minimum atomic E-state index is -0.402. The van der Waals surface area contributed by atoms with Crippen LogP contribution in [0.5, 0.6) is 0 Å². The number of ether oxygens (including phenoxy) is 1. The lowest BCUT2D eigenvalue weighted by Gasteiger charge is -2.26. The van der Waals surface area contributed by atoms with Gasteiger partial charge in [0.1, 0.15) is 5.60 Å². The van der Waals surface area contributed by atoms with Crippen molar-refractivity contribution in [2.45, 2.75) is 45.8 Å². The molecule has 0 aromatic rings. The fraction of sp³-hybridized carbons (Fsp3) is 0.917. The molecule has 0 spiro atoms. The Labute approximate surface area is 98.5 Å². The molecule has 0 aromatic heterocycles. The molecule has 4 nitrogen and oxygen atoms in total. The molecule has 1 atom stereocenters. The third-order valence-electron chi connectivity index (χ3n) is 2.94. The van der Waals surface area contributed by atoms with Crippen LogP contribution in [0.4, 0.5) is 4.79 Å². The molecule has 16 heavy (non-hydrogen) atoms. The maximum Gasteiger partial charge on any atom is 0.410 e. The lowest BCUT2D eigenvalue weighted by Crippen LogP contribution is -2.38. The smallest absolute Gasteiger partial charge is 0.410 e. The van der Waals surface area contributed by atoms with E-state index in [9.17, 15) is 4.79 Å². The Bertz CT molecular complexity index is 236. The van der Waals surface area contributed by atoms with Crippen molar-refractivity contribution in [1.82, 2.24) is 9.80 Å². The van der Waals surface area contributed by atoms with Crippen molar-refractivity contribution >= 4 is 6.09 Å². The second kappa shape index (κ2) is 5.04. The predicted octanol–water partition coefficient (Wildman–Crippen LogP) is 1.95. The lowest BCUT2D eigenvalue weighted by atomic mass is 10.2. The first-order valence-corrected chi connectivity index (χ1v) is 5.98. The van der Waals surface area contributed by atoms with E-state index in [1.54, 1.807) is 0 Å². The molecule has 0 radical (unpaired) electrons. The van der Waals surface area contributed by atoms with Gasteiger partial charge in [-0.3, -0.25) is 0 Å². The Morgan fingerprint density at radius 2 is 1.88 bits per heavy atom. The third-order valence-corrected chi connectivity index (χ3v) is 2.94. The maximum absolute atomic E-state index is 11.9. The van der Waals surface area contributed by atoms with Crippen LogP contribution in [-0.4, -0.2) is 54.2 Å². The monoisotopic (exact) mass is 228 g/mol. The number of carbonyl (C=O) groups is 1. The van der Waals surface area contributed by atoms with Crippen LogP contribution in [0.25, 0.3) is 0 Å². The zero-order valence-corrected chi connectivity index (χ0v) is 11.1. The van der Waals surface area contributed by atoms with Crippen molar-refractivity contribution in [3.05, 3.63) is 0 Å². The summed E-state index contributed by atoms with van der Waals surface area (Å²) in [5.74, 6) is 0. The zero-order valence-electron chi connectivity index (χ0n) is 11.1. The molecule has 1 amide bonds. The van der Waals surface area contributed by atoms with E-state index < -0.39 is 5.60 Å². The van der Waals surface area contributed by atoms with Crippen LogP contribution >= 0.6 is 0 Å². The fourth-order valence-electron chi connectivity index (χ4n) is 1.68. The van der Waals surface area contributed by atoms with Gasteiger partial charge in [-0.1, -0.05) is 0 Å². The van der Waals surface area contributed by atoms with E-state index in [2.05, 4.69) is 18.9 Å². The average Bonchev–Trinajstić information content (AvgIpc) is 2.28. The Balaban J connectivity index is 2.51. The summed E-state index contributed by atoms with van der Waals surface area (Å²) in [6.45, 7) is 10.4. The second-order valence-electron chi connectivity index (χ2n) is 5.59. The topological polar surface area (TPSA) is 32.8 Å². The molecule has 1 rings (SSSR count). The maximum atomic E-state index is 11.9. The summed E-state index contributed by atoms with van der Waals surface area (Å²) >= 11 is 0. The minimum Gasteiger partial charge on any atom is -0.444 e. The molecule has 4 heteroatoms. The van der Waals surface area contributed by atoms with E-state index in [1.165, 1.54) is 0 Å². The van der Waals surface area contributed by atoms with Crippen LogP contribution in [0, 0.1) is 0 Å². The van der Waals surface area contributed by atoms with E-state index in [-0.39, 0.29) is 6.09 Å². The molecule has 0 saturated carbocycles. The van der Waals surface area contributed by atoms with Crippen LogP contribution in [0.1, 0.15) is 34.1 Å². The molecule has 0 aliphatic carbocycles. The highest BCUT2D eigenvalue weighted by atomic mass is 16.6. The summed E-state index contributed by atoms with van der Waals surface area (Å²) in [6.07, 6.45) is 0.824. The van der Waals surface area contributed by atoms with Crippen molar-refractivity contribution in [3.8, 4) is 0 Å². The van der Waals surface area contributed by atoms with E-state index in [0.29, 0.717) is 6.04 Å². The standard InChI is InChI=1S/C12H24N2O2/c1-10-6-7-14(9-8-13(10)5)11(15)16-12(2,3)4/h10H,6-9H2,1-5H3. The Kier molecular flexibility index (Phi) is 4.19. The van der Waals surface area contributed by atoms with Crippen LogP contribution in [0.15, 0.2) is 0 Å². The second-order valence-corrected chi connectivity index (χ2v) is 5.59. The molecule has 1 heterocycles. The number of hydrogen-bond donors (Lipinski definition) is 0. The molecule has 0 N–H and O–H groups in total. The quantitative estimate of drug-likeness (QED) is 0.635. The van der Waals surface area contributed by atoms with Crippen LogP contribution in [0.2, 0.25) is 0 Å². The molecular weight excluding hydrogens is 204 g/mol. The van der Waals surface area contributed by atoms with Gasteiger partial charge >= 0.3 is 6.09 Å². The van der Waals surface area contributed by atoms with E-state index >= 15 is 0 Å². The summed E-state index contributed by atoms with van der Waals surface area (Å²) in [7, 11) is 2.10. The highest BCUT2D eigenvalue weighted by Gasteiger charge is 2.25. The van der Waals surface area contributed by atoms with Gasteiger partial charge in [0.05, 0.1) is 0 Å². The van der Waals surface area contributed by atoms with Gasteiger partial charge in [-0.15, -0.1) is 0 Å². The van der Waals surface area contributed by atoms with Gasteiger partial charge in [0.25, 0.3) is 0 Å². The molecule has 1 aliphatic rings. The Morgan fingerprint density at radius 1 is 1.25 bits per heavy atom. The van der Waals surface area contributed by atoms with Crippen LogP contribution in [0.3, 0.4) is 0 Å². The number of likely N-dealkylation sites (N-methyl/N-ethyl adjacent to an activating group) is 1. The molecule has 94 valence electrons. The summed E-state index contributed by atoms with van der Waals surface area (Å²) in [4.78, 5) is 16.0. The summed E-state index contributed by atoms with van der Waals surface area (Å²) in [6, 6.07) is 0.535. The average molecular weight is 228 g/mol. The molecule has 1 unspecified atom stereocenters. The first-order chi connectivity index (χ1) is 7.29. The Hall–Kier alpha value is -0.770. The first-order valence-electron chi connectivity index (χ1n) is 5.98. The van der Waals surface area contributed by atoms with Gasteiger partial charge in [-0.05, 0) is 41.2 Å². The predicted molar refractivity (Wildman–Crippen MR) is 64.5 cm³/mol. The van der Waals surface area contributed by atoms with Gasteiger partial charge in [0.2, 0.25) is 0 Å². The number of carbonyl (C=O) groups excluding carboxylic acids is 1. The zero-order chi connectivity index (χ0) is 12.3. The molecule has 0 aromatic carbocycles. The SMILES string of the molecule is CC1CCN(C(=O)OC(C)(C)C)CCN1C. The van der Waals surface area contributed by atoms with Gasteiger partial charge in [0, 0.05) is 25.7 Å². The third kappa shape index (κ3) is 4.00. The highest BCUT2D eigenvalue weighted by molar-refractivity contribution is 5.68. The normalized spacial score (nSPS) is 24.1. The van der Waals surface area contributed by atoms with Crippen molar-refractivity contribution in [3.63, 3.8) is 0 Å². The van der Waals surface area contributed by atoms with Crippen molar-refractivity contribution in [2.75, 3.05) is 26.7 Å². The summed E-state index contributed by atoms with van der Waals surface area (Å²) in [5.41, 5.74) is -0.402. The van der Waals surface area contributed by atoms with Crippen molar-refractivity contribution in [1.29, 1.82) is 0 Å². The molecular formula is C12H24N2O2. The molecule has 1 aliphatic heterocycles. The number of amides is 1. The number of rotatable bonds is 0. The van der Waals surface area contributed by atoms with Gasteiger partial charge in [-0.25, -0.2) is 4.79 Å². The van der Waals surface area contributed by atoms with Gasteiger partial charge < -0.3 is 14.5 Å². The van der Waals surface area contributed by atoms with E-state index in [4.69, 9.17) is 4.74 Å². The number of hydrogen-bond acceptors (Lipinski definition) is 3. The van der Waals surface area contributed by atoms with E-state index in [1.807, 2.05) is 25.7 Å². The fourth-order valence-corrected chi connectivity index (χ4v) is 1.68. The van der Waals surface area contributed by atoms with Gasteiger partial charge in [0.15, 0.2) is 0 Å². The highest BCUT2D eigenvalue weighted by Crippen LogP contribution is 2.13. The number of nitrogens with zero attached hydrogens (tertiary/aromatic N) is 2. The molecule has 1 saturated heterocycles. The van der Waals surface area contributed by atoms with Crippen LogP contribution < -0.4 is 0 Å². The molecule has 1 fully saturated rings. The van der Waals surface area contributed by atoms with Crippen molar-refractivity contribution < 1.29 is 9.53 Å².